The predicted molar refractivity (Wildman–Crippen MR) is 103 cm³/mol. The zero-order chi connectivity index (χ0) is 18.3. The van der Waals surface area contributed by atoms with E-state index in [1.165, 1.54) is 6.34 Å². The highest BCUT2D eigenvalue weighted by atomic mass is 35.5. The molecule has 0 bridgehead atoms. The molecular weight excluding hydrogens is 336 g/mol. The van der Waals surface area contributed by atoms with Crippen molar-refractivity contribution in [2.45, 2.75) is 27.3 Å². The van der Waals surface area contributed by atoms with Gasteiger partial charge in [0.15, 0.2) is 6.34 Å². The van der Waals surface area contributed by atoms with Crippen molar-refractivity contribution in [1.82, 2.24) is 9.97 Å². The van der Waals surface area contributed by atoms with Gasteiger partial charge in [-0.1, -0.05) is 32.9 Å². The average Bonchev–Trinajstić information content (AvgIpc) is 2.55. The van der Waals surface area contributed by atoms with Crippen LogP contribution in [0.1, 0.15) is 26.3 Å². The molecule has 0 unspecified atom stereocenters. The standard InChI is InChI=1S/C18H23ClN6/c1-18(2,3)11-25(16-8-9-22-17(19)24-16)10-14-4-6-15(7-5-14)23-13-21-12-20/h4-9,12-13H,10-11H2,1-3H3,(H2,20,21,23)/p+1. The van der Waals surface area contributed by atoms with Gasteiger partial charge in [0.05, 0.1) is 0 Å². The van der Waals surface area contributed by atoms with Crippen LogP contribution in [0, 0.1) is 5.41 Å². The first-order valence-corrected chi connectivity index (χ1v) is 8.40. The van der Waals surface area contributed by atoms with Crippen molar-refractivity contribution in [2.75, 3.05) is 11.4 Å². The van der Waals surface area contributed by atoms with Gasteiger partial charge >= 0.3 is 0 Å². The predicted octanol–water partition coefficient (Wildman–Crippen LogP) is 1.91. The van der Waals surface area contributed by atoms with E-state index in [9.17, 15) is 0 Å². The maximum atomic E-state index is 5.96. The van der Waals surface area contributed by atoms with Gasteiger partial charge in [-0.25, -0.2) is 9.97 Å². The number of nitrogens with one attached hydrogen (secondary N) is 1. The van der Waals surface area contributed by atoms with Gasteiger partial charge < -0.3 is 10.6 Å². The number of hydrogen-bond donors (Lipinski definition) is 2. The molecule has 1 aromatic heterocycles. The van der Waals surface area contributed by atoms with Crippen molar-refractivity contribution in [2.24, 2.45) is 16.1 Å². The summed E-state index contributed by atoms with van der Waals surface area (Å²) in [6.07, 6.45) is 4.55. The lowest BCUT2D eigenvalue weighted by Gasteiger charge is -2.31. The normalized spacial score (nSPS) is 12.2. The molecule has 6 nitrogen and oxygen atoms in total. The summed E-state index contributed by atoms with van der Waals surface area (Å²) < 4.78 is 0. The van der Waals surface area contributed by atoms with Crippen LogP contribution in [0.15, 0.2) is 41.5 Å². The second-order valence-electron chi connectivity index (χ2n) is 6.86. The molecule has 132 valence electrons. The molecule has 0 fully saturated rings. The van der Waals surface area contributed by atoms with Gasteiger partial charge in [-0.2, -0.15) is 0 Å². The molecule has 2 rings (SSSR count). The summed E-state index contributed by atoms with van der Waals surface area (Å²) in [6, 6.07) is 9.92. The van der Waals surface area contributed by atoms with Crippen LogP contribution >= 0.6 is 11.6 Å². The summed E-state index contributed by atoms with van der Waals surface area (Å²) in [6.45, 7) is 8.16. The van der Waals surface area contributed by atoms with Gasteiger partial charge in [0.1, 0.15) is 11.5 Å². The van der Waals surface area contributed by atoms with Crippen LogP contribution in [0.25, 0.3) is 0 Å². The number of aliphatic imine (C=N–C) groups is 1. The van der Waals surface area contributed by atoms with Crippen LogP contribution in [-0.4, -0.2) is 29.2 Å². The molecule has 25 heavy (non-hydrogen) atoms. The molecule has 2 aromatic rings. The lowest BCUT2D eigenvalue weighted by molar-refractivity contribution is -0.298. The summed E-state index contributed by atoms with van der Waals surface area (Å²) in [7, 11) is 0. The van der Waals surface area contributed by atoms with Crippen molar-refractivity contribution < 1.29 is 4.99 Å². The summed E-state index contributed by atoms with van der Waals surface area (Å²) in [5, 5.41) is 0.255. The van der Waals surface area contributed by atoms with E-state index in [-0.39, 0.29) is 10.7 Å². The Morgan fingerprint density at radius 1 is 1.24 bits per heavy atom. The van der Waals surface area contributed by atoms with E-state index < -0.39 is 0 Å². The van der Waals surface area contributed by atoms with Crippen LogP contribution < -0.4 is 15.6 Å². The molecule has 0 aliphatic heterocycles. The first kappa shape index (κ1) is 18.9. The molecular formula is C18H24ClN6+. The van der Waals surface area contributed by atoms with E-state index in [1.807, 2.05) is 18.2 Å². The molecule has 7 heteroatoms. The molecule has 0 saturated carbocycles. The lowest BCUT2D eigenvalue weighted by atomic mass is 9.95. The highest BCUT2D eigenvalue weighted by Crippen LogP contribution is 2.23. The molecule has 3 N–H and O–H groups in total. The zero-order valence-corrected chi connectivity index (χ0v) is 15.5. The molecule has 0 aliphatic rings. The monoisotopic (exact) mass is 359 g/mol. The number of benzene rings is 1. The van der Waals surface area contributed by atoms with Gasteiger partial charge in [0.2, 0.25) is 11.6 Å². The maximum Gasteiger partial charge on any atom is 0.224 e. The third-order valence-corrected chi connectivity index (χ3v) is 3.48. The molecule has 0 amide bonds. The fourth-order valence-corrected chi connectivity index (χ4v) is 2.50. The number of rotatable bonds is 6. The van der Waals surface area contributed by atoms with Crippen molar-refractivity contribution in [1.29, 1.82) is 0 Å². The zero-order valence-electron chi connectivity index (χ0n) is 14.8. The molecule has 0 spiro atoms. The van der Waals surface area contributed by atoms with Crippen LogP contribution in [-0.2, 0) is 6.54 Å². The summed E-state index contributed by atoms with van der Waals surface area (Å²) in [5.41, 5.74) is 7.37. The SMILES string of the molecule is CC(C)(C)CN(Cc1ccc(N=C[NH+]=CN)cc1)c1ccnc(Cl)n1. The van der Waals surface area contributed by atoms with Crippen LogP contribution in [0.3, 0.4) is 0 Å². The molecule has 0 aliphatic carbocycles. The minimum atomic E-state index is 0.117. The number of aromatic nitrogens is 2. The fourth-order valence-electron chi connectivity index (χ4n) is 2.36. The van der Waals surface area contributed by atoms with E-state index in [0.29, 0.717) is 0 Å². The van der Waals surface area contributed by atoms with E-state index >= 15 is 0 Å². The third-order valence-electron chi connectivity index (χ3n) is 3.29. The number of hydrogen-bond acceptors (Lipinski definition) is 4. The minimum absolute atomic E-state index is 0.117. The lowest BCUT2D eigenvalue weighted by Crippen LogP contribution is -2.68. The Bertz CT molecular complexity index is 734. The largest absolute Gasteiger partial charge is 0.352 e. The number of anilines is 1. The van der Waals surface area contributed by atoms with Crippen LogP contribution in [0.4, 0.5) is 11.5 Å². The minimum Gasteiger partial charge on any atom is -0.352 e. The second kappa shape index (κ2) is 8.58. The average molecular weight is 360 g/mol. The van der Waals surface area contributed by atoms with Crippen molar-refractivity contribution in [3.8, 4) is 0 Å². The van der Waals surface area contributed by atoms with Gasteiger partial charge in [-0.15, -0.1) is 4.99 Å². The maximum absolute atomic E-state index is 5.96. The van der Waals surface area contributed by atoms with Crippen molar-refractivity contribution >= 4 is 35.8 Å². The van der Waals surface area contributed by atoms with E-state index in [1.54, 1.807) is 12.5 Å². The summed E-state index contributed by atoms with van der Waals surface area (Å²) >= 11 is 5.96. The Morgan fingerprint density at radius 3 is 2.56 bits per heavy atom. The summed E-state index contributed by atoms with van der Waals surface area (Å²) in [4.78, 5) is 17.5. The molecule has 1 aromatic carbocycles. The highest BCUT2D eigenvalue weighted by molar-refractivity contribution is 6.28. The number of halogens is 1. The Kier molecular flexibility index (Phi) is 6.47. The number of nitrogens with two attached hydrogens (primary N) is 1. The molecule has 0 radical (unpaired) electrons. The Balaban J connectivity index is 2.18. The first-order valence-electron chi connectivity index (χ1n) is 8.02. The van der Waals surface area contributed by atoms with E-state index in [0.717, 1.165) is 30.2 Å². The summed E-state index contributed by atoms with van der Waals surface area (Å²) in [5.74, 6) is 0.819. The van der Waals surface area contributed by atoms with Gasteiger partial charge in [0, 0.05) is 19.3 Å². The Hall–Kier alpha value is -2.47. The van der Waals surface area contributed by atoms with Crippen LogP contribution in [0.2, 0.25) is 5.28 Å². The second-order valence-corrected chi connectivity index (χ2v) is 7.20. The van der Waals surface area contributed by atoms with E-state index in [4.69, 9.17) is 17.3 Å². The van der Waals surface area contributed by atoms with Gasteiger partial charge in [-0.3, -0.25) is 4.99 Å². The Labute approximate surface area is 153 Å². The first-order chi connectivity index (χ1) is 11.9. The van der Waals surface area contributed by atoms with Gasteiger partial charge in [0.25, 0.3) is 0 Å². The molecule has 1 heterocycles. The molecule has 0 saturated heterocycles. The Morgan fingerprint density at radius 2 is 1.96 bits per heavy atom. The van der Waals surface area contributed by atoms with Crippen LogP contribution in [0.5, 0.6) is 0 Å². The number of nitrogens with zero attached hydrogens (tertiary/aromatic N) is 4. The highest BCUT2D eigenvalue weighted by Gasteiger charge is 2.18. The van der Waals surface area contributed by atoms with Gasteiger partial charge in [-0.05, 0) is 40.8 Å². The smallest absolute Gasteiger partial charge is 0.224 e. The quantitative estimate of drug-likeness (QED) is 0.469. The van der Waals surface area contributed by atoms with Crippen molar-refractivity contribution in [3.05, 3.63) is 47.4 Å². The molecule has 0 atom stereocenters. The van der Waals surface area contributed by atoms with Crippen molar-refractivity contribution in [3.63, 3.8) is 0 Å². The fraction of sp³-hybridized carbons (Fsp3) is 0.333. The topological polar surface area (TPSA) is 81.4 Å². The van der Waals surface area contributed by atoms with E-state index in [2.05, 4.69) is 57.8 Å². The third kappa shape index (κ3) is 6.51.